The van der Waals surface area contributed by atoms with E-state index >= 15 is 0 Å². The number of fused-ring (bicyclic) bond motifs is 3. The SMILES string of the molecule is O=c1c2oc3ccccc3c2ncn1C[C@@H](O)COCc1ccccc1F. The molecule has 0 amide bonds. The van der Waals surface area contributed by atoms with Gasteiger partial charge in [0.2, 0.25) is 5.58 Å². The van der Waals surface area contributed by atoms with E-state index in [0.717, 1.165) is 5.39 Å². The van der Waals surface area contributed by atoms with Crippen LogP contribution in [0.1, 0.15) is 5.56 Å². The van der Waals surface area contributed by atoms with Crippen LogP contribution in [0.3, 0.4) is 0 Å². The van der Waals surface area contributed by atoms with Crippen molar-refractivity contribution in [1.29, 1.82) is 0 Å². The Morgan fingerprint density at radius 1 is 1.19 bits per heavy atom. The number of hydrogen-bond acceptors (Lipinski definition) is 5. The van der Waals surface area contributed by atoms with Gasteiger partial charge < -0.3 is 14.3 Å². The van der Waals surface area contributed by atoms with E-state index in [-0.39, 0.29) is 36.7 Å². The van der Waals surface area contributed by atoms with E-state index in [1.165, 1.54) is 17.0 Å². The lowest BCUT2D eigenvalue weighted by atomic mass is 10.2. The summed E-state index contributed by atoms with van der Waals surface area (Å²) in [6.45, 7) is -0.00543. The van der Waals surface area contributed by atoms with Gasteiger partial charge in [-0.05, 0) is 18.2 Å². The topological polar surface area (TPSA) is 77.5 Å². The fraction of sp³-hybridized carbons (Fsp3) is 0.200. The average Bonchev–Trinajstić information content (AvgIpc) is 3.05. The van der Waals surface area contributed by atoms with Gasteiger partial charge in [0.05, 0.1) is 32.2 Å². The lowest BCUT2D eigenvalue weighted by Crippen LogP contribution is -2.29. The van der Waals surface area contributed by atoms with Gasteiger partial charge in [-0.3, -0.25) is 9.36 Å². The molecule has 0 saturated carbocycles. The normalized spacial score (nSPS) is 12.7. The van der Waals surface area contributed by atoms with E-state index < -0.39 is 6.10 Å². The molecule has 0 bridgehead atoms. The minimum atomic E-state index is -0.946. The van der Waals surface area contributed by atoms with Gasteiger partial charge in [-0.2, -0.15) is 0 Å². The first-order chi connectivity index (χ1) is 13.1. The molecule has 6 nitrogen and oxygen atoms in total. The number of nitrogens with zero attached hydrogens (tertiary/aromatic N) is 2. The van der Waals surface area contributed by atoms with Crippen LogP contribution in [0.2, 0.25) is 0 Å². The number of ether oxygens (including phenoxy) is 1. The zero-order chi connectivity index (χ0) is 18.8. The highest BCUT2D eigenvalue weighted by Gasteiger charge is 2.15. The summed E-state index contributed by atoms with van der Waals surface area (Å²) in [6.07, 6.45) is 0.435. The van der Waals surface area contributed by atoms with Crippen LogP contribution in [0.15, 0.2) is 64.1 Å². The second-order valence-corrected chi connectivity index (χ2v) is 6.24. The number of benzene rings is 2. The van der Waals surface area contributed by atoms with E-state index in [1.54, 1.807) is 24.3 Å². The van der Waals surface area contributed by atoms with Crippen molar-refractivity contribution in [1.82, 2.24) is 9.55 Å². The monoisotopic (exact) mass is 368 g/mol. The molecule has 27 heavy (non-hydrogen) atoms. The number of halogens is 1. The molecule has 2 aromatic heterocycles. The molecule has 1 atom stereocenters. The third-order valence-electron chi connectivity index (χ3n) is 4.28. The summed E-state index contributed by atoms with van der Waals surface area (Å²) in [5, 5.41) is 10.9. The summed E-state index contributed by atoms with van der Waals surface area (Å²) in [4.78, 5) is 16.9. The molecular weight excluding hydrogens is 351 g/mol. The molecule has 0 saturated heterocycles. The Balaban J connectivity index is 1.46. The van der Waals surface area contributed by atoms with Crippen molar-refractivity contribution in [2.24, 2.45) is 0 Å². The van der Waals surface area contributed by atoms with Gasteiger partial charge in [0.15, 0.2) is 0 Å². The summed E-state index contributed by atoms with van der Waals surface area (Å²) >= 11 is 0. The van der Waals surface area contributed by atoms with Crippen LogP contribution in [0, 0.1) is 5.82 Å². The van der Waals surface area contributed by atoms with Gasteiger partial charge in [-0.1, -0.05) is 30.3 Å². The second kappa shape index (κ2) is 7.30. The Kier molecular flexibility index (Phi) is 4.70. The Hall–Kier alpha value is -3.03. The third-order valence-corrected chi connectivity index (χ3v) is 4.28. The van der Waals surface area contributed by atoms with Crippen LogP contribution in [-0.4, -0.2) is 27.4 Å². The lowest BCUT2D eigenvalue weighted by molar-refractivity contribution is 0.0189. The highest BCUT2D eigenvalue weighted by molar-refractivity contribution is 6.01. The van der Waals surface area contributed by atoms with Gasteiger partial charge in [-0.25, -0.2) is 9.37 Å². The molecule has 0 unspecified atom stereocenters. The highest BCUT2D eigenvalue weighted by atomic mass is 19.1. The van der Waals surface area contributed by atoms with Crippen LogP contribution in [0.4, 0.5) is 4.39 Å². The van der Waals surface area contributed by atoms with Gasteiger partial charge in [0.1, 0.15) is 16.9 Å². The first kappa shape index (κ1) is 17.4. The number of aliphatic hydroxyl groups is 1. The number of rotatable bonds is 6. The Morgan fingerprint density at radius 2 is 1.96 bits per heavy atom. The summed E-state index contributed by atoms with van der Waals surface area (Å²) < 4.78 is 25.8. The van der Waals surface area contributed by atoms with Crippen LogP contribution in [0.5, 0.6) is 0 Å². The standard InChI is InChI=1S/C20H17FN2O4/c21-16-7-3-1-5-13(16)10-26-11-14(24)9-23-12-22-18-15-6-2-4-8-17(15)27-19(18)20(23)25/h1-8,12,14,24H,9-11H2/t14-/m1/s1. The molecule has 4 rings (SSSR count). The maximum absolute atomic E-state index is 13.5. The van der Waals surface area contributed by atoms with Crippen LogP contribution < -0.4 is 5.56 Å². The molecule has 2 heterocycles. The predicted octanol–water partition coefficient (Wildman–Crippen LogP) is 2.86. The Bertz CT molecular complexity index is 1150. The van der Waals surface area contributed by atoms with Crippen molar-refractivity contribution in [3.63, 3.8) is 0 Å². The number of hydrogen-bond donors (Lipinski definition) is 1. The van der Waals surface area contributed by atoms with Crippen molar-refractivity contribution in [3.8, 4) is 0 Å². The van der Waals surface area contributed by atoms with E-state index in [1.807, 2.05) is 18.2 Å². The molecule has 138 valence electrons. The highest BCUT2D eigenvalue weighted by Crippen LogP contribution is 2.24. The van der Waals surface area contributed by atoms with Crippen LogP contribution in [0.25, 0.3) is 22.1 Å². The second-order valence-electron chi connectivity index (χ2n) is 6.24. The van der Waals surface area contributed by atoms with E-state index in [9.17, 15) is 14.3 Å². The maximum Gasteiger partial charge on any atom is 0.297 e. The smallest absolute Gasteiger partial charge is 0.297 e. The number of furan rings is 1. The summed E-state index contributed by atoms with van der Waals surface area (Å²) in [5.41, 5.74) is 1.27. The molecule has 0 aliphatic carbocycles. The molecule has 1 N–H and O–H groups in total. The van der Waals surface area contributed by atoms with Crippen LogP contribution >= 0.6 is 0 Å². The molecular formula is C20H17FN2O4. The maximum atomic E-state index is 13.5. The number of para-hydroxylation sites is 1. The van der Waals surface area contributed by atoms with Crippen molar-refractivity contribution in [3.05, 3.63) is 76.6 Å². The molecule has 0 radical (unpaired) electrons. The molecule has 7 heteroatoms. The molecule has 0 aliphatic rings. The lowest BCUT2D eigenvalue weighted by Gasteiger charge is -2.13. The van der Waals surface area contributed by atoms with Crippen molar-refractivity contribution in [2.75, 3.05) is 6.61 Å². The molecule has 4 aromatic rings. The van der Waals surface area contributed by atoms with Crippen molar-refractivity contribution < 1.29 is 18.7 Å². The first-order valence-corrected chi connectivity index (χ1v) is 8.49. The van der Waals surface area contributed by atoms with E-state index in [4.69, 9.17) is 9.15 Å². The third kappa shape index (κ3) is 3.47. The summed E-state index contributed by atoms with van der Waals surface area (Å²) in [6, 6.07) is 13.6. The number of aliphatic hydroxyl groups excluding tert-OH is 1. The van der Waals surface area contributed by atoms with Gasteiger partial charge >= 0.3 is 0 Å². The zero-order valence-electron chi connectivity index (χ0n) is 14.3. The molecule has 0 fully saturated rings. The van der Waals surface area contributed by atoms with Crippen molar-refractivity contribution >= 4 is 22.1 Å². The fourth-order valence-electron chi connectivity index (χ4n) is 2.95. The van der Waals surface area contributed by atoms with E-state index in [2.05, 4.69) is 4.98 Å². The fourth-order valence-corrected chi connectivity index (χ4v) is 2.95. The molecule has 0 spiro atoms. The largest absolute Gasteiger partial charge is 0.448 e. The Labute approximate surface area is 153 Å². The van der Waals surface area contributed by atoms with Gasteiger partial charge in [0, 0.05) is 10.9 Å². The summed E-state index contributed by atoms with van der Waals surface area (Å²) in [7, 11) is 0. The minimum absolute atomic E-state index is 0.00388. The van der Waals surface area contributed by atoms with Gasteiger partial charge in [-0.15, -0.1) is 0 Å². The summed E-state index contributed by atoms with van der Waals surface area (Å²) in [5.74, 6) is -0.359. The number of aromatic nitrogens is 2. The minimum Gasteiger partial charge on any atom is -0.448 e. The zero-order valence-corrected chi connectivity index (χ0v) is 14.3. The molecule has 0 aliphatic heterocycles. The molecule has 2 aromatic carbocycles. The van der Waals surface area contributed by atoms with Gasteiger partial charge in [0.25, 0.3) is 5.56 Å². The van der Waals surface area contributed by atoms with E-state index in [0.29, 0.717) is 16.7 Å². The Morgan fingerprint density at radius 3 is 2.81 bits per heavy atom. The first-order valence-electron chi connectivity index (χ1n) is 8.49. The predicted molar refractivity (Wildman–Crippen MR) is 97.8 cm³/mol. The van der Waals surface area contributed by atoms with Crippen molar-refractivity contribution in [2.45, 2.75) is 19.3 Å². The quantitative estimate of drug-likeness (QED) is 0.566. The van der Waals surface area contributed by atoms with Crippen LogP contribution in [-0.2, 0) is 17.9 Å². The average molecular weight is 368 g/mol.